The first-order valence-electron chi connectivity index (χ1n) is 4.46. The second kappa shape index (κ2) is 3.54. The maximum Gasteiger partial charge on any atom is 0.176 e. The fraction of sp³-hybridized carbons (Fsp3) is 0.182. The molecule has 3 nitrogen and oxygen atoms in total. The van der Waals surface area contributed by atoms with Crippen molar-refractivity contribution in [2.24, 2.45) is 0 Å². The standard InChI is InChI=1S/C11H11NO2/c1-9(13)11-5-2-6-12(11)8-10-4-3-7-14-10/h2-7H,8H2,1H3. The van der Waals surface area contributed by atoms with Gasteiger partial charge in [-0.2, -0.15) is 0 Å². The minimum atomic E-state index is 0.0709. The van der Waals surface area contributed by atoms with Crippen LogP contribution in [0, 0.1) is 0 Å². The third-order valence-corrected chi connectivity index (χ3v) is 2.10. The smallest absolute Gasteiger partial charge is 0.176 e. The predicted molar refractivity (Wildman–Crippen MR) is 52.2 cm³/mol. The predicted octanol–water partition coefficient (Wildman–Crippen LogP) is 2.33. The second-order valence-electron chi connectivity index (χ2n) is 3.16. The summed E-state index contributed by atoms with van der Waals surface area (Å²) in [7, 11) is 0. The van der Waals surface area contributed by atoms with E-state index in [2.05, 4.69) is 0 Å². The lowest BCUT2D eigenvalue weighted by Gasteiger charge is -2.03. The molecule has 2 heterocycles. The molecule has 2 rings (SSSR count). The van der Waals surface area contributed by atoms with Crippen molar-refractivity contribution in [1.29, 1.82) is 0 Å². The van der Waals surface area contributed by atoms with Crippen molar-refractivity contribution in [1.82, 2.24) is 4.57 Å². The van der Waals surface area contributed by atoms with Crippen LogP contribution in [0.2, 0.25) is 0 Å². The van der Waals surface area contributed by atoms with Crippen LogP contribution in [0.3, 0.4) is 0 Å². The first kappa shape index (κ1) is 8.81. The van der Waals surface area contributed by atoms with Crippen molar-refractivity contribution in [3.63, 3.8) is 0 Å². The molecule has 0 radical (unpaired) electrons. The van der Waals surface area contributed by atoms with Crippen LogP contribution in [0.5, 0.6) is 0 Å². The summed E-state index contributed by atoms with van der Waals surface area (Å²) in [6.07, 6.45) is 3.51. The van der Waals surface area contributed by atoms with E-state index < -0.39 is 0 Å². The van der Waals surface area contributed by atoms with Crippen LogP contribution < -0.4 is 0 Å². The summed E-state index contributed by atoms with van der Waals surface area (Å²) in [4.78, 5) is 11.2. The Hall–Kier alpha value is -1.77. The van der Waals surface area contributed by atoms with Gasteiger partial charge in [0.25, 0.3) is 0 Å². The van der Waals surface area contributed by atoms with Gasteiger partial charge in [-0.05, 0) is 24.3 Å². The van der Waals surface area contributed by atoms with Gasteiger partial charge in [-0.1, -0.05) is 0 Å². The number of nitrogens with zero attached hydrogens (tertiary/aromatic N) is 1. The van der Waals surface area contributed by atoms with Crippen molar-refractivity contribution in [2.45, 2.75) is 13.5 Å². The summed E-state index contributed by atoms with van der Waals surface area (Å²) in [6, 6.07) is 7.40. The Kier molecular flexibility index (Phi) is 2.23. The maximum absolute atomic E-state index is 11.2. The Morgan fingerprint density at radius 3 is 2.93 bits per heavy atom. The summed E-state index contributed by atoms with van der Waals surface area (Å²) < 4.78 is 7.09. The Morgan fingerprint density at radius 1 is 1.43 bits per heavy atom. The molecule has 0 aliphatic heterocycles. The number of rotatable bonds is 3. The zero-order valence-corrected chi connectivity index (χ0v) is 7.93. The zero-order chi connectivity index (χ0) is 9.97. The summed E-state index contributed by atoms with van der Waals surface area (Å²) in [5.41, 5.74) is 0.710. The third kappa shape index (κ3) is 1.62. The van der Waals surface area contributed by atoms with E-state index >= 15 is 0 Å². The maximum atomic E-state index is 11.2. The Morgan fingerprint density at radius 2 is 2.29 bits per heavy atom. The van der Waals surface area contributed by atoms with Gasteiger partial charge >= 0.3 is 0 Å². The number of Topliss-reactive ketones (excluding diaryl/α,β-unsaturated/α-hetero) is 1. The summed E-state index contributed by atoms with van der Waals surface area (Å²) in [6.45, 7) is 2.17. The van der Waals surface area contributed by atoms with E-state index in [0.29, 0.717) is 12.2 Å². The normalized spacial score (nSPS) is 10.4. The summed E-state index contributed by atoms with van der Waals surface area (Å²) in [5.74, 6) is 0.922. The highest BCUT2D eigenvalue weighted by Crippen LogP contribution is 2.08. The highest BCUT2D eigenvalue weighted by Gasteiger charge is 2.06. The molecule has 0 saturated heterocycles. The molecule has 0 saturated carbocycles. The third-order valence-electron chi connectivity index (χ3n) is 2.10. The average molecular weight is 189 g/mol. The largest absolute Gasteiger partial charge is 0.467 e. The molecule has 2 aromatic heterocycles. The lowest BCUT2D eigenvalue weighted by Crippen LogP contribution is -2.05. The van der Waals surface area contributed by atoms with E-state index in [9.17, 15) is 4.79 Å². The van der Waals surface area contributed by atoms with Crippen LogP contribution >= 0.6 is 0 Å². The quantitative estimate of drug-likeness (QED) is 0.694. The molecule has 14 heavy (non-hydrogen) atoms. The number of hydrogen-bond donors (Lipinski definition) is 0. The molecule has 0 amide bonds. The second-order valence-corrected chi connectivity index (χ2v) is 3.16. The van der Waals surface area contributed by atoms with Gasteiger partial charge in [-0.15, -0.1) is 0 Å². The molecule has 0 N–H and O–H groups in total. The number of hydrogen-bond acceptors (Lipinski definition) is 2. The molecule has 0 aromatic carbocycles. The van der Waals surface area contributed by atoms with E-state index in [4.69, 9.17) is 4.42 Å². The van der Waals surface area contributed by atoms with Gasteiger partial charge in [-0.25, -0.2) is 0 Å². The van der Waals surface area contributed by atoms with Gasteiger partial charge in [-0.3, -0.25) is 4.79 Å². The highest BCUT2D eigenvalue weighted by molar-refractivity contribution is 5.92. The fourth-order valence-electron chi connectivity index (χ4n) is 1.44. The van der Waals surface area contributed by atoms with Gasteiger partial charge < -0.3 is 8.98 Å². The van der Waals surface area contributed by atoms with Gasteiger partial charge in [0.1, 0.15) is 5.76 Å². The number of carbonyl (C=O) groups is 1. The Bertz CT molecular complexity index is 426. The molecule has 0 bridgehead atoms. The molecule has 72 valence electrons. The molecule has 0 fully saturated rings. The molecule has 0 unspecified atom stereocenters. The summed E-state index contributed by atoms with van der Waals surface area (Å²) >= 11 is 0. The highest BCUT2D eigenvalue weighted by atomic mass is 16.3. The number of furan rings is 1. The van der Waals surface area contributed by atoms with E-state index in [1.807, 2.05) is 35.0 Å². The monoisotopic (exact) mass is 189 g/mol. The van der Waals surface area contributed by atoms with Crippen LogP contribution in [0.4, 0.5) is 0 Å². The Balaban J connectivity index is 2.25. The number of aromatic nitrogens is 1. The molecular weight excluding hydrogens is 178 g/mol. The molecule has 0 atom stereocenters. The van der Waals surface area contributed by atoms with Crippen molar-refractivity contribution < 1.29 is 9.21 Å². The van der Waals surface area contributed by atoms with Gasteiger partial charge in [0.15, 0.2) is 5.78 Å². The van der Waals surface area contributed by atoms with Gasteiger partial charge in [0.2, 0.25) is 0 Å². The lowest BCUT2D eigenvalue weighted by molar-refractivity contribution is 0.100. The van der Waals surface area contributed by atoms with Crippen molar-refractivity contribution in [3.05, 3.63) is 48.2 Å². The van der Waals surface area contributed by atoms with Crippen molar-refractivity contribution in [2.75, 3.05) is 0 Å². The van der Waals surface area contributed by atoms with Crippen LogP contribution in [0.25, 0.3) is 0 Å². The topological polar surface area (TPSA) is 35.1 Å². The van der Waals surface area contributed by atoms with E-state index in [1.165, 1.54) is 0 Å². The average Bonchev–Trinajstić information content (AvgIpc) is 2.75. The van der Waals surface area contributed by atoms with E-state index in [-0.39, 0.29) is 5.78 Å². The molecule has 0 aliphatic rings. The van der Waals surface area contributed by atoms with E-state index in [1.54, 1.807) is 13.2 Å². The SMILES string of the molecule is CC(=O)c1cccn1Cc1ccco1. The molecule has 3 heteroatoms. The molecular formula is C11H11NO2. The van der Waals surface area contributed by atoms with Gasteiger partial charge in [0, 0.05) is 13.1 Å². The summed E-state index contributed by atoms with van der Waals surface area (Å²) in [5, 5.41) is 0. The minimum Gasteiger partial charge on any atom is -0.467 e. The molecule has 2 aromatic rings. The number of carbonyl (C=O) groups excluding carboxylic acids is 1. The fourth-order valence-corrected chi connectivity index (χ4v) is 1.44. The van der Waals surface area contributed by atoms with Crippen LogP contribution in [-0.4, -0.2) is 10.4 Å². The Labute approximate surface area is 82.0 Å². The van der Waals surface area contributed by atoms with Crippen LogP contribution in [0.15, 0.2) is 41.1 Å². The molecule has 0 aliphatic carbocycles. The first-order valence-corrected chi connectivity index (χ1v) is 4.46. The van der Waals surface area contributed by atoms with Crippen LogP contribution in [-0.2, 0) is 6.54 Å². The molecule has 0 spiro atoms. The van der Waals surface area contributed by atoms with E-state index in [0.717, 1.165) is 5.76 Å². The number of ketones is 1. The van der Waals surface area contributed by atoms with Crippen LogP contribution in [0.1, 0.15) is 23.2 Å². The zero-order valence-electron chi connectivity index (χ0n) is 7.93. The van der Waals surface area contributed by atoms with Crippen molar-refractivity contribution >= 4 is 5.78 Å². The lowest BCUT2D eigenvalue weighted by atomic mass is 10.3. The minimum absolute atomic E-state index is 0.0709. The first-order chi connectivity index (χ1) is 6.77. The van der Waals surface area contributed by atoms with Crippen molar-refractivity contribution in [3.8, 4) is 0 Å². The van der Waals surface area contributed by atoms with Gasteiger partial charge in [0.05, 0.1) is 18.5 Å².